The van der Waals surface area contributed by atoms with E-state index in [2.05, 4.69) is 26.6 Å². The van der Waals surface area contributed by atoms with Crippen molar-refractivity contribution in [3.8, 4) is 6.07 Å². The molecular weight excluding hydrogens is 396 g/mol. The third-order valence-electron chi connectivity index (χ3n) is 3.60. The summed E-state index contributed by atoms with van der Waals surface area (Å²) in [5.74, 6) is -0.361. The number of para-hydroxylation sites is 2. The van der Waals surface area contributed by atoms with E-state index in [9.17, 15) is 9.59 Å². The molecule has 0 radical (unpaired) electrons. The van der Waals surface area contributed by atoms with E-state index < -0.39 is 0 Å². The first-order valence-electron chi connectivity index (χ1n) is 8.01. The van der Waals surface area contributed by atoms with Gasteiger partial charge in [-0.2, -0.15) is 5.26 Å². The summed E-state index contributed by atoms with van der Waals surface area (Å²) < 4.78 is 0.812. The van der Waals surface area contributed by atoms with Crippen molar-refractivity contribution >= 4 is 39.1 Å². The molecule has 0 bridgehead atoms. The van der Waals surface area contributed by atoms with Crippen LogP contribution in [0.4, 0.5) is 11.4 Å². The van der Waals surface area contributed by atoms with Crippen molar-refractivity contribution < 1.29 is 9.59 Å². The van der Waals surface area contributed by atoms with E-state index in [0.29, 0.717) is 23.5 Å². The number of carbonyl (C=O) groups excluding carboxylic acids is 2. The SMILES string of the molecule is CN(CCC(=O)Nc1ccccc1C#N)CC(=O)Nc1ccccc1Br. The van der Waals surface area contributed by atoms with Crippen molar-refractivity contribution in [1.29, 1.82) is 5.26 Å². The zero-order valence-corrected chi connectivity index (χ0v) is 15.9. The number of hydrogen-bond acceptors (Lipinski definition) is 4. The highest BCUT2D eigenvalue weighted by Gasteiger charge is 2.11. The Hall–Kier alpha value is -2.69. The average molecular weight is 415 g/mol. The lowest BCUT2D eigenvalue weighted by molar-refractivity contribution is -0.119. The normalized spacial score (nSPS) is 10.2. The number of benzene rings is 2. The van der Waals surface area contributed by atoms with Crippen LogP contribution in [0.25, 0.3) is 0 Å². The summed E-state index contributed by atoms with van der Waals surface area (Å²) in [4.78, 5) is 25.9. The van der Waals surface area contributed by atoms with Gasteiger partial charge in [0.15, 0.2) is 0 Å². The third kappa shape index (κ3) is 5.99. The molecule has 26 heavy (non-hydrogen) atoms. The van der Waals surface area contributed by atoms with Crippen LogP contribution in [0.15, 0.2) is 53.0 Å². The summed E-state index contributed by atoms with van der Waals surface area (Å²) in [7, 11) is 1.77. The largest absolute Gasteiger partial charge is 0.325 e. The summed E-state index contributed by atoms with van der Waals surface area (Å²) in [6, 6.07) is 16.2. The van der Waals surface area contributed by atoms with E-state index in [-0.39, 0.29) is 24.8 Å². The second-order valence-corrected chi connectivity index (χ2v) is 6.58. The molecule has 0 aliphatic carbocycles. The van der Waals surface area contributed by atoms with Gasteiger partial charge >= 0.3 is 0 Å². The molecular formula is C19H19BrN4O2. The van der Waals surface area contributed by atoms with Crippen LogP contribution in [0.1, 0.15) is 12.0 Å². The molecule has 0 saturated heterocycles. The number of amides is 2. The molecule has 2 aromatic rings. The second kappa shape index (κ2) is 9.70. The Labute approximate surface area is 160 Å². The monoisotopic (exact) mass is 414 g/mol. The quantitative estimate of drug-likeness (QED) is 0.727. The third-order valence-corrected chi connectivity index (χ3v) is 4.30. The highest BCUT2D eigenvalue weighted by Crippen LogP contribution is 2.21. The molecule has 2 aromatic carbocycles. The molecule has 2 N–H and O–H groups in total. The Kier molecular flexibility index (Phi) is 7.33. The van der Waals surface area contributed by atoms with E-state index in [0.717, 1.165) is 4.47 Å². The number of anilines is 2. The molecule has 0 aliphatic rings. The maximum atomic E-state index is 12.1. The van der Waals surface area contributed by atoms with Crippen molar-refractivity contribution in [2.75, 3.05) is 30.8 Å². The van der Waals surface area contributed by atoms with E-state index in [4.69, 9.17) is 5.26 Å². The van der Waals surface area contributed by atoms with Crippen LogP contribution in [-0.2, 0) is 9.59 Å². The number of carbonyl (C=O) groups is 2. The average Bonchev–Trinajstić information content (AvgIpc) is 2.62. The fourth-order valence-electron chi connectivity index (χ4n) is 2.27. The predicted molar refractivity (Wildman–Crippen MR) is 105 cm³/mol. The molecule has 2 rings (SSSR count). The van der Waals surface area contributed by atoms with Gasteiger partial charge in [0.1, 0.15) is 6.07 Å². The van der Waals surface area contributed by atoms with Gasteiger partial charge in [0.25, 0.3) is 0 Å². The van der Waals surface area contributed by atoms with Crippen LogP contribution in [-0.4, -0.2) is 36.9 Å². The van der Waals surface area contributed by atoms with Crippen LogP contribution >= 0.6 is 15.9 Å². The molecule has 6 nitrogen and oxygen atoms in total. The minimum Gasteiger partial charge on any atom is -0.325 e. The zero-order chi connectivity index (χ0) is 18.9. The molecule has 0 saturated carbocycles. The van der Waals surface area contributed by atoms with Crippen molar-refractivity contribution in [1.82, 2.24) is 4.90 Å². The standard InChI is InChI=1S/C19H19BrN4O2/c1-24(13-19(26)23-17-9-5-3-7-15(17)20)11-10-18(25)22-16-8-4-2-6-14(16)12-21/h2-9H,10-11,13H2,1H3,(H,22,25)(H,23,26). The van der Waals surface area contributed by atoms with Gasteiger partial charge in [-0.25, -0.2) is 0 Å². The molecule has 0 unspecified atom stereocenters. The lowest BCUT2D eigenvalue weighted by Crippen LogP contribution is -2.32. The van der Waals surface area contributed by atoms with Gasteiger partial charge in [0.05, 0.1) is 23.5 Å². The number of rotatable bonds is 7. The van der Waals surface area contributed by atoms with Gasteiger partial charge in [-0.15, -0.1) is 0 Å². The predicted octanol–water partition coefficient (Wildman–Crippen LogP) is 3.22. The number of nitrogens with zero attached hydrogens (tertiary/aromatic N) is 2. The zero-order valence-electron chi connectivity index (χ0n) is 14.3. The Balaban J connectivity index is 1.78. The Morgan fingerprint density at radius 1 is 1.04 bits per heavy atom. The summed E-state index contributed by atoms with van der Waals surface area (Å²) in [6.45, 7) is 0.591. The molecule has 0 atom stereocenters. The smallest absolute Gasteiger partial charge is 0.238 e. The van der Waals surface area contributed by atoms with Gasteiger partial charge in [-0.3, -0.25) is 14.5 Å². The van der Waals surface area contributed by atoms with E-state index in [1.54, 1.807) is 36.2 Å². The van der Waals surface area contributed by atoms with Gasteiger partial charge in [0.2, 0.25) is 11.8 Å². The molecule has 0 heterocycles. The van der Waals surface area contributed by atoms with Crippen LogP contribution in [0.3, 0.4) is 0 Å². The number of halogens is 1. The molecule has 0 aliphatic heterocycles. The molecule has 2 amide bonds. The lowest BCUT2D eigenvalue weighted by atomic mass is 10.2. The first kappa shape index (κ1) is 19.6. The van der Waals surface area contributed by atoms with Crippen LogP contribution in [0.2, 0.25) is 0 Å². The Morgan fingerprint density at radius 2 is 1.65 bits per heavy atom. The van der Waals surface area contributed by atoms with Gasteiger partial charge < -0.3 is 10.6 Å². The van der Waals surface area contributed by atoms with Gasteiger partial charge in [-0.05, 0) is 47.2 Å². The second-order valence-electron chi connectivity index (χ2n) is 5.72. The fraction of sp³-hybridized carbons (Fsp3) is 0.211. The molecule has 0 aromatic heterocycles. The van der Waals surface area contributed by atoms with Gasteiger partial charge in [0, 0.05) is 17.4 Å². The number of nitrogens with one attached hydrogen (secondary N) is 2. The first-order valence-corrected chi connectivity index (χ1v) is 8.81. The maximum absolute atomic E-state index is 12.1. The van der Waals surface area contributed by atoms with E-state index in [1.807, 2.05) is 30.3 Å². The van der Waals surface area contributed by atoms with Crippen molar-refractivity contribution in [2.45, 2.75) is 6.42 Å². The van der Waals surface area contributed by atoms with Crippen LogP contribution in [0.5, 0.6) is 0 Å². The highest BCUT2D eigenvalue weighted by atomic mass is 79.9. The summed E-state index contributed by atoms with van der Waals surface area (Å²) in [5.41, 5.74) is 1.62. The van der Waals surface area contributed by atoms with Gasteiger partial charge in [-0.1, -0.05) is 24.3 Å². The topological polar surface area (TPSA) is 85.2 Å². The van der Waals surface area contributed by atoms with E-state index in [1.165, 1.54) is 0 Å². The van der Waals surface area contributed by atoms with Crippen molar-refractivity contribution in [2.24, 2.45) is 0 Å². The van der Waals surface area contributed by atoms with Crippen molar-refractivity contribution in [3.63, 3.8) is 0 Å². The van der Waals surface area contributed by atoms with Crippen molar-refractivity contribution in [3.05, 3.63) is 58.6 Å². The Morgan fingerprint density at radius 3 is 2.35 bits per heavy atom. The lowest BCUT2D eigenvalue weighted by Gasteiger charge is -2.16. The molecule has 0 fully saturated rings. The minimum atomic E-state index is -0.203. The fourth-order valence-corrected chi connectivity index (χ4v) is 2.66. The number of likely N-dealkylation sites (N-methyl/N-ethyl adjacent to an activating group) is 1. The highest BCUT2D eigenvalue weighted by molar-refractivity contribution is 9.10. The summed E-state index contributed by atoms with van der Waals surface area (Å²) in [6.07, 6.45) is 0.221. The molecule has 7 heteroatoms. The summed E-state index contributed by atoms with van der Waals surface area (Å²) in [5, 5.41) is 14.6. The minimum absolute atomic E-state index is 0.158. The first-order chi connectivity index (χ1) is 12.5. The molecule has 0 spiro atoms. The van der Waals surface area contributed by atoms with E-state index >= 15 is 0 Å². The van der Waals surface area contributed by atoms with Crippen LogP contribution in [0, 0.1) is 11.3 Å². The number of hydrogen-bond donors (Lipinski definition) is 2. The Bertz CT molecular complexity index is 832. The van der Waals surface area contributed by atoms with Crippen LogP contribution < -0.4 is 10.6 Å². The summed E-state index contributed by atoms with van der Waals surface area (Å²) >= 11 is 3.38. The number of nitriles is 1. The molecule has 134 valence electrons. The maximum Gasteiger partial charge on any atom is 0.238 e.